The van der Waals surface area contributed by atoms with Crippen molar-refractivity contribution in [1.82, 2.24) is 15.1 Å². The van der Waals surface area contributed by atoms with Crippen LogP contribution >= 0.6 is 0 Å². The summed E-state index contributed by atoms with van der Waals surface area (Å²) >= 11 is 0. The first-order valence-corrected chi connectivity index (χ1v) is 8.94. The first-order chi connectivity index (χ1) is 12.1. The number of para-hydroxylation sites is 1. The molecule has 1 aromatic rings. The molecule has 0 saturated carbocycles. The maximum absolute atomic E-state index is 12.4. The lowest BCUT2D eigenvalue weighted by Gasteiger charge is -2.38. The zero-order valence-electron chi connectivity index (χ0n) is 15.5. The van der Waals surface area contributed by atoms with Crippen molar-refractivity contribution in [2.45, 2.75) is 38.8 Å². The van der Waals surface area contributed by atoms with E-state index in [-0.39, 0.29) is 24.4 Å². The lowest BCUT2D eigenvalue weighted by molar-refractivity contribution is -0.141. The van der Waals surface area contributed by atoms with E-state index in [0.717, 1.165) is 37.1 Å². The van der Waals surface area contributed by atoms with Crippen molar-refractivity contribution < 1.29 is 14.3 Å². The molecule has 138 valence electrons. The van der Waals surface area contributed by atoms with E-state index in [1.807, 2.05) is 36.2 Å². The normalized spacial score (nSPS) is 18.3. The number of unbranched alkanes of at least 4 members (excludes halogenated alkanes) is 1. The third-order valence-electron chi connectivity index (χ3n) is 4.67. The molecule has 0 aliphatic carbocycles. The molecule has 0 spiro atoms. The second kappa shape index (κ2) is 9.42. The summed E-state index contributed by atoms with van der Waals surface area (Å²) in [6.07, 6.45) is 2.84. The van der Waals surface area contributed by atoms with Crippen molar-refractivity contribution in [3.8, 4) is 5.75 Å². The highest BCUT2D eigenvalue weighted by Gasteiger charge is 2.33. The number of piperazine rings is 1. The van der Waals surface area contributed by atoms with Gasteiger partial charge in [0.15, 0.2) is 0 Å². The average molecular weight is 347 g/mol. The molecule has 0 bridgehead atoms. The Kier molecular flexibility index (Phi) is 7.25. The van der Waals surface area contributed by atoms with Gasteiger partial charge in [-0.3, -0.25) is 14.5 Å². The van der Waals surface area contributed by atoms with Crippen LogP contribution in [0.1, 0.15) is 31.7 Å². The number of carbonyl (C=O) groups is 2. The smallest absolute Gasteiger partial charge is 0.239 e. The molecule has 2 amide bonds. The second-order valence-corrected chi connectivity index (χ2v) is 6.48. The SMILES string of the molecule is CCCC[C@H]1C(=O)N(C)CCN1CC(=O)NCc1ccccc1OC. The number of nitrogens with one attached hydrogen (secondary N) is 1. The van der Waals surface area contributed by atoms with Crippen molar-refractivity contribution in [2.24, 2.45) is 0 Å². The lowest BCUT2D eigenvalue weighted by atomic mass is 10.0. The average Bonchev–Trinajstić information content (AvgIpc) is 2.63. The Morgan fingerprint density at radius 3 is 2.80 bits per heavy atom. The van der Waals surface area contributed by atoms with E-state index in [0.29, 0.717) is 13.1 Å². The molecule has 1 aliphatic heterocycles. The third kappa shape index (κ3) is 5.19. The molecule has 1 N–H and O–H groups in total. The van der Waals surface area contributed by atoms with E-state index in [4.69, 9.17) is 4.74 Å². The molecule has 1 aromatic carbocycles. The Morgan fingerprint density at radius 1 is 1.32 bits per heavy atom. The summed E-state index contributed by atoms with van der Waals surface area (Å²) in [5.74, 6) is 0.820. The van der Waals surface area contributed by atoms with Gasteiger partial charge in [0.25, 0.3) is 0 Å². The lowest BCUT2D eigenvalue weighted by Crippen LogP contribution is -2.57. The molecular weight excluding hydrogens is 318 g/mol. The molecule has 1 atom stereocenters. The largest absolute Gasteiger partial charge is 0.496 e. The fourth-order valence-corrected chi connectivity index (χ4v) is 3.13. The molecule has 0 aromatic heterocycles. The zero-order chi connectivity index (χ0) is 18.2. The molecule has 1 saturated heterocycles. The topological polar surface area (TPSA) is 61.9 Å². The maximum Gasteiger partial charge on any atom is 0.239 e. The van der Waals surface area contributed by atoms with Gasteiger partial charge in [0.05, 0.1) is 19.7 Å². The van der Waals surface area contributed by atoms with Crippen LogP contribution in [0.4, 0.5) is 0 Å². The van der Waals surface area contributed by atoms with Crippen LogP contribution in [0, 0.1) is 0 Å². The summed E-state index contributed by atoms with van der Waals surface area (Å²) in [6, 6.07) is 7.45. The van der Waals surface area contributed by atoms with Gasteiger partial charge < -0.3 is 15.0 Å². The predicted octanol–water partition coefficient (Wildman–Crippen LogP) is 1.64. The van der Waals surface area contributed by atoms with Crippen LogP contribution < -0.4 is 10.1 Å². The Hall–Kier alpha value is -2.08. The van der Waals surface area contributed by atoms with Gasteiger partial charge in [0.1, 0.15) is 5.75 Å². The molecule has 25 heavy (non-hydrogen) atoms. The molecule has 6 heteroatoms. The first kappa shape index (κ1) is 19.2. The predicted molar refractivity (Wildman–Crippen MR) is 97.4 cm³/mol. The Bertz CT molecular complexity index is 591. The van der Waals surface area contributed by atoms with E-state index in [1.54, 1.807) is 12.0 Å². The van der Waals surface area contributed by atoms with Gasteiger partial charge >= 0.3 is 0 Å². The highest BCUT2D eigenvalue weighted by molar-refractivity contribution is 5.84. The number of likely N-dealkylation sites (N-methyl/N-ethyl adjacent to an activating group) is 1. The molecule has 0 unspecified atom stereocenters. The first-order valence-electron chi connectivity index (χ1n) is 8.94. The van der Waals surface area contributed by atoms with E-state index in [9.17, 15) is 9.59 Å². The number of benzene rings is 1. The summed E-state index contributed by atoms with van der Waals surface area (Å²) in [6.45, 7) is 4.19. The highest BCUT2D eigenvalue weighted by atomic mass is 16.5. The molecule has 2 rings (SSSR count). The fourth-order valence-electron chi connectivity index (χ4n) is 3.13. The summed E-state index contributed by atoms with van der Waals surface area (Å²) in [7, 11) is 3.45. The summed E-state index contributed by atoms with van der Waals surface area (Å²) in [5, 5.41) is 2.94. The van der Waals surface area contributed by atoms with E-state index in [1.165, 1.54) is 0 Å². The second-order valence-electron chi connectivity index (χ2n) is 6.48. The Balaban J connectivity index is 1.92. The molecule has 1 heterocycles. The molecule has 0 radical (unpaired) electrons. The molecule has 6 nitrogen and oxygen atoms in total. The number of methoxy groups -OCH3 is 1. The van der Waals surface area contributed by atoms with Crippen LogP contribution in [0.5, 0.6) is 5.75 Å². The van der Waals surface area contributed by atoms with Gasteiger partial charge in [0, 0.05) is 32.2 Å². The van der Waals surface area contributed by atoms with E-state index in [2.05, 4.69) is 12.2 Å². The monoisotopic (exact) mass is 347 g/mol. The quantitative estimate of drug-likeness (QED) is 0.777. The minimum Gasteiger partial charge on any atom is -0.496 e. The van der Waals surface area contributed by atoms with Gasteiger partial charge in [-0.25, -0.2) is 0 Å². The van der Waals surface area contributed by atoms with Crippen LogP contribution in [-0.2, 0) is 16.1 Å². The Morgan fingerprint density at radius 2 is 2.08 bits per heavy atom. The van der Waals surface area contributed by atoms with Crippen LogP contribution in [0.15, 0.2) is 24.3 Å². The number of hydrogen-bond acceptors (Lipinski definition) is 4. The van der Waals surface area contributed by atoms with Crippen molar-refractivity contribution in [3.63, 3.8) is 0 Å². The van der Waals surface area contributed by atoms with Gasteiger partial charge in [-0.2, -0.15) is 0 Å². The van der Waals surface area contributed by atoms with Gasteiger partial charge in [0.2, 0.25) is 11.8 Å². The van der Waals surface area contributed by atoms with Crippen LogP contribution in [0.2, 0.25) is 0 Å². The molecular formula is C19H29N3O3. The van der Waals surface area contributed by atoms with Crippen molar-refractivity contribution in [2.75, 3.05) is 33.8 Å². The Labute approximate surface area is 150 Å². The highest BCUT2D eigenvalue weighted by Crippen LogP contribution is 2.18. The van der Waals surface area contributed by atoms with Gasteiger partial charge in [-0.1, -0.05) is 38.0 Å². The number of amides is 2. The van der Waals surface area contributed by atoms with Gasteiger partial charge in [-0.15, -0.1) is 0 Å². The van der Waals surface area contributed by atoms with Crippen molar-refractivity contribution >= 4 is 11.8 Å². The fraction of sp³-hybridized carbons (Fsp3) is 0.579. The number of rotatable bonds is 8. The van der Waals surface area contributed by atoms with Crippen molar-refractivity contribution in [1.29, 1.82) is 0 Å². The van der Waals surface area contributed by atoms with E-state index >= 15 is 0 Å². The van der Waals surface area contributed by atoms with Crippen LogP contribution in [0.25, 0.3) is 0 Å². The van der Waals surface area contributed by atoms with Crippen LogP contribution in [-0.4, -0.2) is 61.4 Å². The molecule has 1 fully saturated rings. The summed E-state index contributed by atoms with van der Waals surface area (Å²) < 4.78 is 5.30. The zero-order valence-corrected chi connectivity index (χ0v) is 15.5. The van der Waals surface area contributed by atoms with E-state index < -0.39 is 0 Å². The summed E-state index contributed by atoms with van der Waals surface area (Å²) in [4.78, 5) is 28.6. The minimum absolute atomic E-state index is 0.0650. The standard InChI is InChI=1S/C19H29N3O3/c1-4-5-9-16-19(24)21(2)11-12-22(16)14-18(23)20-13-15-8-6-7-10-17(15)25-3/h6-8,10,16H,4-5,9,11-14H2,1-3H3,(H,20,23)/t16-/m0/s1. The number of hydrogen-bond donors (Lipinski definition) is 1. The third-order valence-corrected chi connectivity index (χ3v) is 4.67. The van der Waals surface area contributed by atoms with Crippen LogP contribution in [0.3, 0.4) is 0 Å². The van der Waals surface area contributed by atoms with Gasteiger partial charge in [-0.05, 0) is 12.5 Å². The number of carbonyl (C=O) groups excluding carboxylic acids is 2. The minimum atomic E-state index is -0.185. The maximum atomic E-state index is 12.4. The number of ether oxygens (including phenoxy) is 1. The molecule has 1 aliphatic rings. The van der Waals surface area contributed by atoms with Crippen molar-refractivity contribution in [3.05, 3.63) is 29.8 Å². The summed E-state index contributed by atoms with van der Waals surface area (Å²) in [5.41, 5.74) is 0.940. The number of nitrogens with zero attached hydrogens (tertiary/aromatic N) is 2.